The molecule has 2 aromatic rings. The Bertz CT molecular complexity index is 934. The van der Waals surface area contributed by atoms with Crippen LogP contribution in [0.1, 0.15) is 44.4 Å². The predicted molar refractivity (Wildman–Crippen MR) is 119 cm³/mol. The molecule has 0 aliphatic carbocycles. The summed E-state index contributed by atoms with van der Waals surface area (Å²) in [6, 6.07) is 15.5. The van der Waals surface area contributed by atoms with Crippen molar-refractivity contribution in [2.45, 2.75) is 39.3 Å². The van der Waals surface area contributed by atoms with Crippen LogP contribution in [-0.4, -0.2) is 47.6 Å². The molecule has 6 heteroatoms. The van der Waals surface area contributed by atoms with Gasteiger partial charge < -0.3 is 19.5 Å². The van der Waals surface area contributed by atoms with E-state index in [1.807, 2.05) is 51.1 Å². The van der Waals surface area contributed by atoms with Crippen molar-refractivity contribution >= 4 is 17.4 Å². The lowest BCUT2D eigenvalue weighted by Crippen LogP contribution is -2.31. The molecular weight excluding hydrogens is 394 g/mol. The van der Waals surface area contributed by atoms with E-state index >= 15 is 0 Å². The van der Waals surface area contributed by atoms with Crippen LogP contribution in [0.2, 0.25) is 0 Å². The first-order valence-electron chi connectivity index (χ1n) is 10.6. The number of aliphatic hydroxyl groups excluding tert-OH is 1. The number of carbonyl (C=O) groups excluding carboxylic acids is 2. The van der Waals surface area contributed by atoms with Crippen LogP contribution in [0.4, 0.5) is 0 Å². The Kier molecular flexibility index (Phi) is 7.47. The number of carbonyl (C=O) groups is 2. The number of hydrogen-bond acceptors (Lipinski definition) is 5. The Labute approximate surface area is 183 Å². The minimum atomic E-state index is -0.676. The van der Waals surface area contributed by atoms with Gasteiger partial charge in [0.15, 0.2) is 0 Å². The molecule has 1 amide bonds. The first-order valence-corrected chi connectivity index (χ1v) is 10.6. The number of nitrogens with zero attached hydrogens (tertiary/aromatic N) is 1. The molecule has 164 valence electrons. The van der Waals surface area contributed by atoms with Crippen molar-refractivity contribution in [3.05, 3.63) is 71.3 Å². The number of ketones is 1. The van der Waals surface area contributed by atoms with E-state index in [1.165, 1.54) is 4.90 Å². The molecule has 1 N–H and O–H groups in total. The lowest BCUT2D eigenvalue weighted by atomic mass is 9.95. The Hall–Kier alpha value is -3.12. The van der Waals surface area contributed by atoms with Crippen LogP contribution in [-0.2, 0) is 14.3 Å². The van der Waals surface area contributed by atoms with E-state index in [-0.39, 0.29) is 17.4 Å². The fourth-order valence-corrected chi connectivity index (χ4v) is 3.68. The van der Waals surface area contributed by atoms with Gasteiger partial charge in [0.1, 0.15) is 11.5 Å². The summed E-state index contributed by atoms with van der Waals surface area (Å²) in [6.07, 6.45) is 0.692. The number of rotatable bonds is 9. The number of likely N-dealkylation sites (tertiary alicyclic amines) is 1. The standard InChI is InChI=1S/C25H29NO5/c1-4-30-20-13-11-19(12-14-20)23(27)21-22(18-9-6-5-7-10-18)26(25(29)24(21)28)15-8-16-31-17(2)3/h5-7,9-14,17,22,27H,4,8,15-16H2,1-3H3/b23-21+. The first-order chi connectivity index (χ1) is 14.9. The molecule has 1 aliphatic heterocycles. The second kappa shape index (κ2) is 10.3. The van der Waals surface area contributed by atoms with Gasteiger partial charge in [0.05, 0.1) is 24.3 Å². The minimum Gasteiger partial charge on any atom is -0.507 e. The van der Waals surface area contributed by atoms with Crippen molar-refractivity contribution in [1.82, 2.24) is 4.90 Å². The molecule has 1 atom stereocenters. The van der Waals surface area contributed by atoms with Gasteiger partial charge in [0.2, 0.25) is 0 Å². The number of amides is 1. The average molecular weight is 424 g/mol. The van der Waals surface area contributed by atoms with E-state index in [0.717, 1.165) is 5.56 Å². The summed E-state index contributed by atoms with van der Waals surface area (Å²) < 4.78 is 11.0. The number of ether oxygens (including phenoxy) is 2. The maximum absolute atomic E-state index is 13.0. The molecule has 1 saturated heterocycles. The molecule has 1 unspecified atom stereocenters. The molecule has 31 heavy (non-hydrogen) atoms. The number of aliphatic hydroxyl groups is 1. The summed E-state index contributed by atoms with van der Waals surface area (Å²) in [5, 5.41) is 11.0. The molecule has 0 bridgehead atoms. The molecule has 1 aliphatic rings. The van der Waals surface area contributed by atoms with E-state index < -0.39 is 17.7 Å². The summed E-state index contributed by atoms with van der Waals surface area (Å²) in [5.41, 5.74) is 1.34. The molecule has 1 fully saturated rings. The third-order valence-corrected chi connectivity index (χ3v) is 5.09. The van der Waals surface area contributed by atoms with Crippen LogP contribution in [0, 0.1) is 0 Å². The van der Waals surface area contributed by atoms with Gasteiger partial charge in [0.25, 0.3) is 11.7 Å². The molecule has 0 saturated carbocycles. The maximum Gasteiger partial charge on any atom is 0.295 e. The van der Waals surface area contributed by atoms with Gasteiger partial charge in [-0.05, 0) is 57.0 Å². The highest BCUT2D eigenvalue weighted by molar-refractivity contribution is 6.46. The van der Waals surface area contributed by atoms with E-state index in [0.29, 0.717) is 37.5 Å². The first kappa shape index (κ1) is 22.6. The molecule has 3 rings (SSSR count). The second-order valence-corrected chi connectivity index (χ2v) is 7.63. The van der Waals surface area contributed by atoms with Gasteiger partial charge in [-0.2, -0.15) is 0 Å². The number of Topliss-reactive ketones (excluding diaryl/α,β-unsaturated/α-hetero) is 1. The van der Waals surface area contributed by atoms with Crippen molar-refractivity contribution < 1.29 is 24.2 Å². The van der Waals surface area contributed by atoms with Crippen molar-refractivity contribution in [2.75, 3.05) is 19.8 Å². The lowest BCUT2D eigenvalue weighted by Gasteiger charge is -2.25. The predicted octanol–water partition coefficient (Wildman–Crippen LogP) is 4.32. The summed E-state index contributed by atoms with van der Waals surface area (Å²) in [7, 11) is 0. The van der Waals surface area contributed by atoms with E-state index in [2.05, 4.69) is 0 Å². The van der Waals surface area contributed by atoms with Gasteiger partial charge in [-0.3, -0.25) is 9.59 Å². The Morgan fingerprint density at radius 1 is 1.06 bits per heavy atom. The Balaban J connectivity index is 1.97. The molecule has 2 aromatic carbocycles. The minimum absolute atomic E-state index is 0.0972. The zero-order valence-electron chi connectivity index (χ0n) is 18.2. The van der Waals surface area contributed by atoms with Gasteiger partial charge in [-0.1, -0.05) is 30.3 Å². The third-order valence-electron chi connectivity index (χ3n) is 5.09. The fourth-order valence-electron chi connectivity index (χ4n) is 3.68. The highest BCUT2D eigenvalue weighted by Crippen LogP contribution is 2.39. The lowest BCUT2D eigenvalue weighted by molar-refractivity contribution is -0.140. The monoisotopic (exact) mass is 423 g/mol. The van der Waals surface area contributed by atoms with Gasteiger partial charge in [0, 0.05) is 18.7 Å². The number of hydrogen-bond donors (Lipinski definition) is 1. The zero-order valence-corrected chi connectivity index (χ0v) is 18.2. The van der Waals surface area contributed by atoms with Crippen LogP contribution in [0.25, 0.3) is 5.76 Å². The largest absolute Gasteiger partial charge is 0.507 e. The molecular formula is C25H29NO5. The summed E-state index contributed by atoms with van der Waals surface area (Å²) >= 11 is 0. The Morgan fingerprint density at radius 3 is 2.35 bits per heavy atom. The van der Waals surface area contributed by atoms with E-state index in [1.54, 1.807) is 24.3 Å². The van der Waals surface area contributed by atoms with Crippen molar-refractivity contribution in [3.63, 3.8) is 0 Å². The van der Waals surface area contributed by atoms with Crippen LogP contribution in [0.15, 0.2) is 60.2 Å². The molecule has 0 spiro atoms. The van der Waals surface area contributed by atoms with Gasteiger partial charge in [-0.25, -0.2) is 0 Å². The van der Waals surface area contributed by atoms with Crippen LogP contribution in [0.5, 0.6) is 5.75 Å². The SMILES string of the molecule is CCOc1ccc(/C(O)=C2\C(=O)C(=O)N(CCCOC(C)C)C2c2ccccc2)cc1. The number of benzene rings is 2. The highest BCUT2D eigenvalue weighted by Gasteiger charge is 2.45. The maximum atomic E-state index is 13.0. The molecule has 6 nitrogen and oxygen atoms in total. The van der Waals surface area contributed by atoms with Gasteiger partial charge in [-0.15, -0.1) is 0 Å². The van der Waals surface area contributed by atoms with E-state index in [9.17, 15) is 14.7 Å². The zero-order chi connectivity index (χ0) is 22.4. The Morgan fingerprint density at radius 2 is 1.74 bits per heavy atom. The third kappa shape index (κ3) is 5.14. The van der Waals surface area contributed by atoms with Crippen LogP contribution < -0.4 is 4.74 Å². The topological polar surface area (TPSA) is 76.1 Å². The van der Waals surface area contributed by atoms with Crippen molar-refractivity contribution in [3.8, 4) is 5.75 Å². The quantitative estimate of drug-likeness (QED) is 0.281. The van der Waals surface area contributed by atoms with Crippen LogP contribution >= 0.6 is 0 Å². The molecule has 0 aromatic heterocycles. The van der Waals surface area contributed by atoms with E-state index in [4.69, 9.17) is 9.47 Å². The van der Waals surface area contributed by atoms with Crippen LogP contribution in [0.3, 0.4) is 0 Å². The molecule has 0 radical (unpaired) electrons. The van der Waals surface area contributed by atoms with Gasteiger partial charge >= 0.3 is 0 Å². The fraction of sp³-hybridized carbons (Fsp3) is 0.360. The summed E-state index contributed by atoms with van der Waals surface area (Å²) in [6.45, 7) is 7.17. The smallest absolute Gasteiger partial charge is 0.295 e. The second-order valence-electron chi connectivity index (χ2n) is 7.63. The van der Waals surface area contributed by atoms with Crippen molar-refractivity contribution in [1.29, 1.82) is 0 Å². The highest BCUT2D eigenvalue weighted by atomic mass is 16.5. The summed E-state index contributed by atoms with van der Waals surface area (Å²) in [4.78, 5) is 27.4. The van der Waals surface area contributed by atoms with Crippen molar-refractivity contribution in [2.24, 2.45) is 0 Å². The average Bonchev–Trinajstić information content (AvgIpc) is 3.02. The summed E-state index contributed by atoms with van der Waals surface area (Å²) in [5.74, 6) is -0.795. The molecule has 1 heterocycles. The normalized spacial score (nSPS) is 18.1.